The summed E-state index contributed by atoms with van der Waals surface area (Å²) in [6.45, 7) is 0. The van der Waals surface area contributed by atoms with Crippen molar-refractivity contribution in [2.45, 2.75) is 6.18 Å². The molecule has 0 aliphatic heterocycles. The van der Waals surface area contributed by atoms with Gasteiger partial charge in [0.2, 0.25) is 5.82 Å². The van der Waals surface area contributed by atoms with Crippen LogP contribution in [0.1, 0.15) is 5.82 Å². The number of aromatic nitrogens is 2. The monoisotopic (exact) mass is 282 g/mol. The van der Waals surface area contributed by atoms with Gasteiger partial charge in [-0.1, -0.05) is 23.2 Å². The molecule has 0 atom stereocenters. The molecule has 90 valence electrons. The molecule has 8 heteroatoms. The van der Waals surface area contributed by atoms with Gasteiger partial charge in [-0.2, -0.15) is 13.2 Å². The predicted molar refractivity (Wildman–Crippen MR) is 57.4 cm³/mol. The van der Waals surface area contributed by atoms with Crippen molar-refractivity contribution in [1.29, 1.82) is 0 Å². The second-order valence-electron chi connectivity index (χ2n) is 3.20. The fourth-order valence-electron chi connectivity index (χ4n) is 1.30. The summed E-state index contributed by atoms with van der Waals surface area (Å²) in [6, 6.07) is 2.42. The van der Waals surface area contributed by atoms with Gasteiger partial charge in [0.1, 0.15) is 0 Å². The number of rotatable bonds is 0. The Morgan fingerprint density at radius 1 is 1.24 bits per heavy atom. The first-order chi connectivity index (χ1) is 7.79. The first kappa shape index (κ1) is 12.2. The summed E-state index contributed by atoms with van der Waals surface area (Å²) < 4.78 is 37.2. The van der Waals surface area contributed by atoms with Crippen LogP contribution in [0.25, 0.3) is 10.9 Å². The molecule has 0 amide bonds. The molecule has 0 radical (unpaired) electrons. The first-order valence-corrected chi connectivity index (χ1v) is 5.01. The molecule has 1 aromatic carbocycles. The van der Waals surface area contributed by atoms with Crippen LogP contribution in [0.3, 0.4) is 0 Å². The van der Waals surface area contributed by atoms with E-state index in [0.29, 0.717) is 0 Å². The molecular formula is C9H3Cl2F3N2O. The normalized spacial score (nSPS) is 12.1. The van der Waals surface area contributed by atoms with E-state index in [-0.39, 0.29) is 20.9 Å². The van der Waals surface area contributed by atoms with Crippen LogP contribution in [0.2, 0.25) is 10.0 Å². The lowest BCUT2D eigenvalue weighted by Crippen LogP contribution is -2.19. The number of hydrogen-bond donors (Lipinski definition) is 1. The quantitative estimate of drug-likeness (QED) is 0.806. The number of benzene rings is 1. The molecule has 0 saturated carbocycles. The number of alkyl halides is 3. The van der Waals surface area contributed by atoms with Gasteiger partial charge < -0.3 is 4.98 Å². The second-order valence-corrected chi connectivity index (χ2v) is 4.04. The molecule has 1 N–H and O–H groups in total. The molecule has 0 aliphatic rings. The van der Waals surface area contributed by atoms with Crippen molar-refractivity contribution in [2.24, 2.45) is 0 Å². The lowest BCUT2D eigenvalue weighted by atomic mass is 10.2. The van der Waals surface area contributed by atoms with Crippen molar-refractivity contribution >= 4 is 34.1 Å². The van der Waals surface area contributed by atoms with Gasteiger partial charge in [-0.25, -0.2) is 4.98 Å². The minimum atomic E-state index is -4.74. The van der Waals surface area contributed by atoms with E-state index in [0.717, 1.165) is 0 Å². The Labute approximate surface area is 102 Å². The van der Waals surface area contributed by atoms with E-state index in [1.807, 2.05) is 0 Å². The summed E-state index contributed by atoms with van der Waals surface area (Å²) in [5.41, 5.74) is -1.17. The van der Waals surface area contributed by atoms with E-state index < -0.39 is 17.6 Å². The summed E-state index contributed by atoms with van der Waals surface area (Å²) in [5.74, 6) is -1.39. The van der Waals surface area contributed by atoms with Gasteiger partial charge in [-0.15, -0.1) is 0 Å². The lowest BCUT2D eigenvalue weighted by Gasteiger charge is -2.07. The maximum Gasteiger partial charge on any atom is 0.449 e. The molecule has 1 heterocycles. The van der Waals surface area contributed by atoms with Crippen LogP contribution in [0.5, 0.6) is 0 Å². The fraction of sp³-hybridized carbons (Fsp3) is 0.111. The lowest BCUT2D eigenvalue weighted by molar-refractivity contribution is -0.144. The van der Waals surface area contributed by atoms with Crippen LogP contribution in [0, 0.1) is 0 Å². The Balaban J connectivity index is 2.88. The van der Waals surface area contributed by atoms with Crippen LogP contribution < -0.4 is 5.56 Å². The Morgan fingerprint density at radius 3 is 2.47 bits per heavy atom. The zero-order valence-electron chi connectivity index (χ0n) is 7.90. The maximum atomic E-state index is 12.4. The van der Waals surface area contributed by atoms with E-state index >= 15 is 0 Å². The molecule has 1 aromatic heterocycles. The molecule has 2 rings (SSSR count). The average Bonchev–Trinajstić information content (AvgIpc) is 2.17. The smallest absolute Gasteiger partial charge is 0.302 e. The van der Waals surface area contributed by atoms with E-state index in [2.05, 4.69) is 4.98 Å². The van der Waals surface area contributed by atoms with Crippen LogP contribution >= 0.6 is 23.2 Å². The van der Waals surface area contributed by atoms with Crippen molar-refractivity contribution in [2.75, 3.05) is 0 Å². The second kappa shape index (κ2) is 3.89. The summed E-state index contributed by atoms with van der Waals surface area (Å²) in [4.78, 5) is 16.4. The third-order valence-corrected chi connectivity index (χ3v) is 2.50. The van der Waals surface area contributed by atoms with Gasteiger partial charge in [0.05, 0.1) is 15.9 Å². The summed E-state index contributed by atoms with van der Waals surface area (Å²) in [5, 5.41) is -0.0471. The van der Waals surface area contributed by atoms with Crippen LogP contribution in [0.15, 0.2) is 16.9 Å². The van der Waals surface area contributed by atoms with Gasteiger partial charge in [-0.3, -0.25) is 4.79 Å². The molecule has 17 heavy (non-hydrogen) atoms. The summed E-state index contributed by atoms with van der Waals surface area (Å²) in [7, 11) is 0. The Hall–Kier alpha value is -1.27. The van der Waals surface area contributed by atoms with Crippen molar-refractivity contribution in [3.63, 3.8) is 0 Å². The maximum absolute atomic E-state index is 12.4. The molecule has 0 aliphatic carbocycles. The Kier molecular flexibility index (Phi) is 2.79. The van der Waals surface area contributed by atoms with Crippen LogP contribution in [0.4, 0.5) is 13.2 Å². The number of fused-ring (bicyclic) bond motifs is 1. The highest BCUT2D eigenvalue weighted by Gasteiger charge is 2.34. The molecular weight excluding hydrogens is 280 g/mol. The molecule has 0 fully saturated rings. The van der Waals surface area contributed by atoms with Crippen molar-refractivity contribution in [3.05, 3.63) is 38.4 Å². The molecule has 0 unspecified atom stereocenters. The van der Waals surface area contributed by atoms with E-state index in [1.54, 1.807) is 4.98 Å². The molecule has 0 spiro atoms. The number of aromatic amines is 1. The van der Waals surface area contributed by atoms with Crippen LogP contribution in [-0.4, -0.2) is 9.97 Å². The molecule has 0 bridgehead atoms. The highest BCUT2D eigenvalue weighted by Crippen LogP contribution is 2.29. The number of nitrogens with one attached hydrogen (secondary N) is 1. The number of nitrogens with zero attached hydrogens (tertiary/aromatic N) is 1. The highest BCUT2D eigenvalue weighted by atomic mass is 35.5. The zero-order chi connectivity index (χ0) is 12.8. The number of H-pyrrole nitrogens is 1. The third kappa shape index (κ3) is 2.23. The van der Waals surface area contributed by atoms with E-state index in [4.69, 9.17) is 23.2 Å². The summed E-state index contributed by atoms with van der Waals surface area (Å²) >= 11 is 11.3. The third-order valence-electron chi connectivity index (χ3n) is 2.00. The first-order valence-electron chi connectivity index (χ1n) is 4.25. The topological polar surface area (TPSA) is 45.8 Å². The fourth-order valence-corrected chi connectivity index (χ4v) is 1.84. The van der Waals surface area contributed by atoms with Gasteiger partial charge in [0, 0.05) is 5.02 Å². The van der Waals surface area contributed by atoms with Gasteiger partial charge in [0.25, 0.3) is 5.56 Å². The van der Waals surface area contributed by atoms with Crippen molar-refractivity contribution in [1.82, 2.24) is 9.97 Å². The largest absolute Gasteiger partial charge is 0.449 e. The molecule has 3 nitrogen and oxygen atoms in total. The predicted octanol–water partition coefficient (Wildman–Crippen LogP) is 3.25. The molecule has 0 saturated heterocycles. The number of hydrogen-bond acceptors (Lipinski definition) is 2. The molecule has 2 aromatic rings. The SMILES string of the molecule is O=c1[nH]c(C(F)(F)F)nc2c(Cl)cc(Cl)cc12. The minimum Gasteiger partial charge on any atom is -0.302 e. The van der Waals surface area contributed by atoms with Gasteiger partial charge >= 0.3 is 6.18 Å². The minimum absolute atomic E-state index is 0.0875. The van der Waals surface area contributed by atoms with Crippen LogP contribution in [-0.2, 0) is 6.18 Å². The zero-order valence-corrected chi connectivity index (χ0v) is 9.41. The number of halogens is 5. The standard InChI is InChI=1S/C9H3Cl2F3N2O/c10-3-1-4-6(5(11)2-3)15-8(9(12,13)14)16-7(4)17/h1-2H,(H,15,16,17). The summed E-state index contributed by atoms with van der Waals surface area (Å²) in [6.07, 6.45) is -4.74. The van der Waals surface area contributed by atoms with Crippen molar-refractivity contribution < 1.29 is 13.2 Å². The van der Waals surface area contributed by atoms with Gasteiger partial charge in [0.15, 0.2) is 0 Å². The Bertz CT molecular complexity index is 651. The van der Waals surface area contributed by atoms with Gasteiger partial charge in [-0.05, 0) is 12.1 Å². The average molecular weight is 283 g/mol. The van der Waals surface area contributed by atoms with E-state index in [9.17, 15) is 18.0 Å². The van der Waals surface area contributed by atoms with E-state index in [1.165, 1.54) is 12.1 Å². The Morgan fingerprint density at radius 2 is 1.88 bits per heavy atom. The highest BCUT2D eigenvalue weighted by molar-refractivity contribution is 6.38. The van der Waals surface area contributed by atoms with Crippen molar-refractivity contribution in [3.8, 4) is 0 Å².